The van der Waals surface area contributed by atoms with Crippen LogP contribution in [-0.2, 0) is 44.8 Å². The van der Waals surface area contributed by atoms with Crippen LogP contribution in [0.15, 0.2) is 18.2 Å². The van der Waals surface area contributed by atoms with Gasteiger partial charge in [-0.1, -0.05) is 33.8 Å². The molecule has 46 heavy (non-hydrogen) atoms. The van der Waals surface area contributed by atoms with E-state index in [-0.39, 0.29) is 60.8 Å². The van der Waals surface area contributed by atoms with E-state index in [4.69, 9.17) is 14.2 Å². The number of amides is 3. The summed E-state index contributed by atoms with van der Waals surface area (Å²) >= 11 is 0. The maximum absolute atomic E-state index is 12.9. The van der Waals surface area contributed by atoms with E-state index in [1.54, 1.807) is 19.9 Å². The van der Waals surface area contributed by atoms with Crippen molar-refractivity contribution in [3.8, 4) is 5.75 Å². The predicted molar refractivity (Wildman–Crippen MR) is 164 cm³/mol. The van der Waals surface area contributed by atoms with Gasteiger partial charge in [0.2, 0.25) is 24.0 Å². The van der Waals surface area contributed by atoms with Crippen LogP contribution in [0.1, 0.15) is 65.9 Å². The zero-order valence-corrected chi connectivity index (χ0v) is 26.9. The number of rotatable bonds is 18. The minimum Gasteiger partial charge on any atom is -0.479 e. The van der Waals surface area contributed by atoms with E-state index >= 15 is 0 Å². The second kappa shape index (κ2) is 18.8. The predicted octanol–water partition coefficient (Wildman–Crippen LogP) is 0.870. The first kappa shape index (κ1) is 38.1. The zero-order chi connectivity index (χ0) is 34.4. The number of ether oxygens (including phenoxy) is 3. The third kappa shape index (κ3) is 13.5. The van der Waals surface area contributed by atoms with Gasteiger partial charge in [-0.05, 0) is 23.6 Å². The number of aliphatic hydroxyl groups is 1. The highest BCUT2D eigenvalue weighted by atomic mass is 16.7. The second-order valence-corrected chi connectivity index (χ2v) is 11.7. The fourth-order valence-electron chi connectivity index (χ4n) is 4.36. The van der Waals surface area contributed by atoms with Gasteiger partial charge in [-0.15, -0.1) is 0 Å². The topological polar surface area (TPSA) is 219 Å². The molecule has 1 heterocycles. The van der Waals surface area contributed by atoms with Gasteiger partial charge in [-0.3, -0.25) is 24.0 Å². The number of ketones is 1. The summed E-state index contributed by atoms with van der Waals surface area (Å²) in [5.41, 5.74) is 0.648. The van der Waals surface area contributed by atoms with E-state index in [0.29, 0.717) is 25.1 Å². The smallest absolute Gasteiger partial charge is 0.333 e. The summed E-state index contributed by atoms with van der Waals surface area (Å²) in [6.45, 7) is 8.64. The van der Waals surface area contributed by atoms with Crippen molar-refractivity contribution in [1.29, 1.82) is 0 Å². The molecule has 256 valence electrons. The minimum absolute atomic E-state index is 0.0302. The number of aliphatic hydroxyl groups excluding tert-OH is 1. The largest absolute Gasteiger partial charge is 0.479 e. The Labute approximate surface area is 268 Å². The molecule has 1 fully saturated rings. The highest BCUT2D eigenvalue weighted by molar-refractivity contribution is 5.97. The molecule has 2 rings (SSSR count). The number of carboxylic acid groups (broad SMARTS) is 1. The van der Waals surface area contributed by atoms with E-state index in [9.17, 15) is 39.0 Å². The van der Waals surface area contributed by atoms with Crippen molar-refractivity contribution in [2.45, 2.75) is 91.4 Å². The number of carboxylic acids is 1. The molecule has 0 aliphatic carbocycles. The lowest BCUT2D eigenvalue weighted by Crippen LogP contribution is -2.51. The summed E-state index contributed by atoms with van der Waals surface area (Å²) < 4.78 is 16.3. The van der Waals surface area contributed by atoms with Crippen LogP contribution in [0.25, 0.3) is 0 Å². The number of aliphatic carboxylic acids is 1. The molecule has 3 amide bonds. The average Bonchev–Trinajstić information content (AvgIpc) is 2.97. The summed E-state index contributed by atoms with van der Waals surface area (Å²) in [7, 11) is 0. The third-order valence-corrected chi connectivity index (χ3v) is 6.97. The molecule has 0 saturated carbocycles. The van der Waals surface area contributed by atoms with Crippen molar-refractivity contribution in [2.75, 3.05) is 25.0 Å². The van der Waals surface area contributed by atoms with Crippen LogP contribution in [0, 0.1) is 11.8 Å². The monoisotopic (exact) mass is 650 g/mol. The Morgan fingerprint density at radius 2 is 1.70 bits per heavy atom. The summed E-state index contributed by atoms with van der Waals surface area (Å²) in [6, 6.07) is 3.62. The first-order chi connectivity index (χ1) is 21.7. The van der Waals surface area contributed by atoms with Gasteiger partial charge in [0.15, 0.2) is 6.10 Å². The molecule has 1 aliphatic heterocycles. The number of benzene rings is 1. The van der Waals surface area contributed by atoms with Crippen molar-refractivity contribution in [1.82, 2.24) is 16.0 Å². The van der Waals surface area contributed by atoms with Crippen molar-refractivity contribution >= 4 is 41.1 Å². The van der Waals surface area contributed by atoms with E-state index in [2.05, 4.69) is 21.3 Å². The zero-order valence-electron chi connectivity index (χ0n) is 26.9. The molecule has 1 saturated heterocycles. The van der Waals surface area contributed by atoms with Crippen LogP contribution in [0.2, 0.25) is 0 Å². The molecule has 1 aromatic rings. The van der Waals surface area contributed by atoms with E-state index in [1.165, 1.54) is 19.1 Å². The molecule has 1 aromatic carbocycles. The SMILES string of the molecule is CC(=O)OCc1ccc(NC(=O)CNC(=O)C(NC(=O)CCNCCC(=O)C(C)C)C(C)C)c(OC2CC(O)CC(C(=O)O)O2)c1. The van der Waals surface area contributed by atoms with Crippen LogP contribution in [0.4, 0.5) is 5.69 Å². The molecule has 4 unspecified atom stereocenters. The van der Waals surface area contributed by atoms with E-state index < -0.39 is 54.8 Å². The van der Waals surface area contributed by atoms with Gasteiger partial charge in [0.05, 0.1) is 18.3 Å². The molecule has 0 spiro atoms. The molecule has 1 aliphatic rings. The third-order valence-electron chi connectivity index (χ3n) is 6.97. The fourth-order valence-corrected chi connectivity index (χ4v) is 4.36. The number of nitrogens with one attached hydrogen (secondary N) is 4. The fraction of sp³-hybridized carbons (Fsp3) is 0.613. The van der Waals surface area contributed by atoms with Crippen molar-refractivity contribution in [3.05, 3.63) is 23.8 Å². The van der Waals surface area contributed by atoms with Crippen LogP contribution in [0.5, 0.6) is 5.75 Å². The Morgan fingerprint density at radius 1 is 1.00 bits per heavy atom. The summed E-state index contributed by atoms with van der Waals surface area (Å²) in [5, 5.41) is 30.3. The number of hydrogen-bond acceptors (Lipinski definition) is 11. The Balaban J connectivity index is 1.99. The maximum atomic E-state index is 12.9. The first-order valence-electron chi connectivity index (χ1n) is 15.3. The minimum atomic E-state index is -1.29. The lowest BCUT2D eigenvalue weighted by atomic mass is 10.0. The van der Waals surface area contributed by atoms with Crippen LogP contribution in [-0.4, -0.2) is 89.8 Å². The molecule has 6 N–H and O–H groups in total. The first-order valence-corrected chi connectivity index (χ1v) is 15.3. The highest BCUT2D eigenvalue weighted by Gasteiger charge is 2.34. The molecule has 15 heteroatoms. The van der Waals surface area contributed by atoms with Gasteiger partial charge in [0, 0.05) is 51.6 Å². The Kier molecular flexibility index (Phi) is 15.6. The highest BCUT2D eigenvalue weighted by Crippen LogP contribution is 2.30. The van der Waals surface area contributed by atoms with Crippen LogP contribution >= 0.6 is 0 Å². The quantitative estimate of drug-likeness (QED) is 0.0963. The number of carbonyl (C=O) groups is 6. The summed E-state index contributed by atoms with van der Waals surface area (Å²) in [4.78, 5) is 72.6. The Bertz CT molecular complexity index is 1240. The molecular weight excluding hydrogens is 604 g/mol. The van der Waals surface area contributed by atoms with Gasteiger partial charge >= 0.3 is 11.9 Å². The van der Waals surface area contributed by atoms with Crippen molar-refractivity contribution in [3.63, 3.8) is 0 Å². The molecule has 15 nitrogen and oxygen atoms in total. The van der Waals surface area contributed by atoms with Crippen LogP contribution in [0.3, 0.4) is 0 Å². The van der Waals surface area contributed by atoms with Crippen molar-refractivity contribution in [2.24, 2.45) is 11.8 Å². The van der Waals surface area contributed by atoms with Crippen LogP contribution < -0.4 is 26.0 Å². The van der Waals surface area contributed by atoms with Gasteiger partial charge < -0.3 is 45.7 Å². The lowest BCUT2D eigenvalue weighted by molar-refractivity contribution is -0.195. The standard InChI is InChI=1S/C31H46N4O11/c1-17(2)23(38)8-10-32-11-9-26(39)35-29(18(3)4)30(41)33-15-27(40)34-22-7-6-20(16-44-19(5)36)12-24(22)45-28-14-21(37)13-25(46-28)31(42)43/h6-7,12,17-18,21,25,28-29,32,37H,8-11,13-16H2,1-5H3,(H,33,41)(H,34,40)(H,35,39)(H,42,43). The maximum Gasteiger partial charge on any atom is 0.333 e. The second-order valence-electron chi connectivity index (χ2n) is 11.7. The van der Waals surface area contributed by atoms with E-state index in [1.807, 2.05) is 13.8 Å². The molecule has 4 atom stereocenters. The van der Waals surface area contributed by atoms with Crippen molar-refractivity contribution < 1.29 is 53.2 Å². The summed E-state index contributed by atoms with van der Waals surface area (Å²) in [5.74, 6) is -3.48. The van der Waals surface area contributed by atoms with Gasteiger partial charge in [-0.2, -0.15) is 0 Å². The van der Waals surface area contributed by atoms with Gasteiger partial charge in [-0.25, -0.2) is 4.79 Å². The number of Topliss-reactive ketones (excluding diaryl/α,β-unsaturated/α-hetero) is 1. The number of carbonyl (C=O) groups excluding carboxylic acids is 5. The molecule has 0 bridgehead atoms. The average molecular weight is 651 g/mol. The number of hydrogen-bond donors (Lipinski definition) is 6. The summed E-state index contributed by atoms with van der Waals surface area (Å²) in [6.07, 6.45) is -3.12. The molecular formula is C31H46N4O11. The Morgan fingerprint density at radius 3 is 2.33 bits per heavy atom. The number of anilines is 1. The number of esters is 1. The molecule has 0 aromatic heterocycles. The Hall–Kier alpha value is -4.08. The van der Waals surface area contributed by atoms with Gasteiger partial charge in [0.25, 0.3) is 0 Å². The molecule has 0 radical (unpaired) electrons. The van der Waals surface area contributed by atoms with E-state index in [0.717, 1.165) is 0 Å². The normalized spacial score (nSPS) is 18.4. The van der Waals surface area contributed by atoms with Gasteiger partial charge in [0.1, 0.15) is 24.2 Å². The lowest BCUT2D eigenvalue weighted by Gasteiger charge is -2.31.